The summed E-state index contributed by atoms with van der Waals surface area (Å²) in [6, 6.07) is 6.03. The van der Waals surface area contributed by atoms with Gasteiger partial charge in [0.05, 0.1) is 23.7 Å². The van der Waals surface area contributed by atoms with Crippen LogP contribution in [-0.4, -0.2) is 44.9 Å². The van der Waals surface area contributed by atoms with Gasteiger partial charge in [0.1, 0.15) is 5.82 Å². The highest BCUT2D eigenvalue weighted by atomic mass is 32.2. The first-order valence-corrected chi connectivity index (χ1v) is 10.3. The maximum Gasteiger partial charge on any atom is 0.419 e. The van der Waals surface area contributed by atoms with Gasteiger partial charge in [0.2, 0.25) is 10.0 Å². The molecule has 6 nitrogen and oxygen atoms in total. The van der Waals surface area contributed by atoms with E-state index in [9.17, 15) is 30.8 Å². The lowest BCUT2D eigenvalue weighted by atomic mass is 10.1. The molecule has 0 bridgehead atoms. The Morgan fingerprint density at radius 2 is 1.77 bits per heavy atom. The number of rotatable bonds is 4. The van der Waals surface area contributed by atoms with Crippen LogP contribution in [0.5, 0.6) is 0 Å². The number of hydrogen-bond donors (Lipinski definition) is 1. The fourth-order valence-corrected chi connectivity index (χ4v) is 4.63. The van der Waals surface area contributed by atoms with E-state index in [0.717, 1.165) is 6.07 Å². The Labute approximate surface area is 170 Å². The van der Waals surface area contributed by atoms with Crippen molar-refractivity contribution in [2.45, 2.75) is 18.0 Å². The van der Waals surface area contributed by atoms with E-state index in [-0.39, 0.29) is 36.9 Å². The molecular formula is C19H18F4N2O4S. The SMILES string of the molecule is Cc1ccc(NC(=O)c2ccc(F)c(C(F)(F)F)c2)cc1S(=O)(=O)N1CCOCC1. The van der Waals surface area contributed by atoms with Crippen molar-refractivity contribution in [3.05, 3.63) is 58.9 Å². The second-order valence-corrected chi connectivity index (χ2v) is 8.55. The molecule has 1 heterocycles. The third-order valence-corrected chi connectivity index (χ3v) is 6.61. The molecule has 0 atom stereocenters. The van der Waals surface area contributed by atoms with Crippen LogP contribution in [0.4, 0.5) is 23.2 Å². The lowest BCUT2D eigenvalue weighted by Gasteiger charge is -2.26. The van der Waals surface area contributed by atoms with Crippen molar-refractivity contribution >= 4 is 21.6 Å². The van der Waals surface area contributed by atoms with Crippen LogP contribution in [0.15, 0.2) is 41.3 Å². The minimum Gasteiger partial charge on any atom is -0.379 e. The fraction of sp³-hybridized carbons (Fsp3) is 0.316. The van der Waals surface area contributed by atoms with Crippen LogP contribution in [0, 0.1) is 12.7 Å². The Hall–Kier alpha value is -2.50. The van der Waals surface area contributed by atoms with Crippen molar-refractivity contribution in [2.75, 3.05) is 31.6 Å². The molecule has 0 spiro atoms. The molecule has 162 valence electrons. The van der Waals surface area contributed by atoms with Gasteiger partial charge in [-0.15, -0.1) is 0 Å². The van der Waals surface area contributed by atoms with Crippen LogP contribution in [0.25, 0.3) is 0 Å². The molecule has 3 rings (SSSR count). The molecule has 0 radical (unpaired) electrons. The number of hydrogen-bond acceptors (Lipinski definition) is 4. The Balaban J connectivity index is 1.88. The molecule has 1 aliphatic rings. The zero-order valence-electron chi connectivity index (χ0n) is 15.8. The highest BCUT2D eigenvalue weighted by Crippen LogP contribution is 2.32. The average Bonchev–Trinajstić information content (AvgIpc) is 2.69. The first-order chi connectivity index (χ1) is 14.0. The Kier molecular flexibility index (Phi) is 6.16. The quantitative estimate of drug-likeness (QED) is 0.731. The van der Waals surface area contributed by atoms with Crippen LogP contribution in [0.1, 0.15) is 21.5 Å². The molecule has 1 saturated heterocycles. The van der Waals surface area contributed by atoms with Crippen molar-refractivity contribution in [3.8, 4) is 0 Å². The van der Waals surface area contributed by atoms with Gasteiger partial charge >= 0.3 is 6.18 Å². The van der Waals surface area contributed by atoms with Crippen molar-refractivity contribution < 1.29 is 35.5 Å². The van der Waals surface area contributed by atoms with Crippen molar-refractivity contribution in [3.63, 3.8) is 0 Å². The standard InChI is InChI=1S/C19H18F4N2O4S/c1-12-2-4-14(11-17(12)30(27,28)25-6-8-29-9-7-25)24-18(26)13-3-5-16(20)15(10-13)19(21,22)23/h2-5,10-11H,6-9H2,1H3,(H,24,26). The number of carbonyl (C=O) groups is 1. The van der Waals surface area contributed by atoms with Gasteiger partial charge in [-0.2, -0.15) is 17.5 Å². The van der Waals surface area contributed by atoms with E-state index < -0.39 is 39.1 Å². The molecule has 11 heteroatoms. The molecule has 0 unspecified atom stereocenters. The molecule has 0 saturated carbocycles. The second kappa shape index (κ2) is 8.32. The number of nitrogens with zero attached hydrogens (tertiary/aromatic N) is 1. The van der Waals surface area contributed by atoms with Gasteiger partial charge in [-0.05, 0) is 42.8 Å². The number of amides is 1. The lowest BCUT2D eigenvalue weighted by molar-refractivity contribution is -0.140. The number of morpholine rings is 1. The molecule has 1 amide bonds. The summed E-state index contributed by atoms with van der Waals surface area (Å²) in [5.74, 6) is -2.42. The van der Waals surface area contributed by atoms with Gasteiger partial charge in [-0.25, -0.2) is 12.8 Å². The maximum atomic E-state index is 13.4. The summed E-state index contributed by atoms with van der Waals surface area (Å²) in [7, 11) is -3.84. The number of benzene rings is 2. The van der Waals surface area contributed by atoms with E-state index in [2.05, 4.69) is 5.32 Å². The zero-order chi connectivity index (χ0) is 22.1. The van der Waals surface area contributed by atoms with Gasteiger partial charge in [0, 0.05) is 24.3 Å². The van der Waals surface area contributed by atoms with E-state index in [1.54, 1.807) is 6.92 Å². The first-order valence-electron chi connectivity index (χ1n) is 8.87. The Morgan fingerprint density at radius 3 is 2.40 bits per heavy atom. The zero-order valence-corrected chi connectivity index (χ0v) is 16.6. The number of anilines is 1. The van der Waals surface area contributed by atoms with E-state index in [4.69, 9.17) is 4.74 Å². The molecule has 1 aliphatic heterocycles. The summed E-state index contributed by atoms with van der Waals surface area (Å²) >= 11 is 0. The van der Waals surface area contributed by atoms with Gasteiger partial charge in [-0.3, -0.25) is 4.79 Å². The minimum atomic E-state index is -4.95. The van der Waals surface area contributed by atoms with E-state index in [1.165, 1.54) is 22.5 Å². The molecule has 2 aromatic rings. The highest BCUT2D eigenvalue weighted by molar-refractivity contribution is 7.89. The maximum absolute atomic E-state index is 13.4. The van der Waals surface area contributed by atoms with Crippen LogP contribution < -0.4 is 5.32 Å². The number of carbonyl (C=O) groups excluding carboxylic acids is 1. The van der Waals surface area contributed by atoms with Crippen LogP contribution in [0.2, 0.25) is 0 Å². The summed E-state index contributed by atoms with van der Waals surface area (Å²) < 4.78 is 84.3. The highest BCUT2D eigenvalue weighted by Gasteiger charge is 2.35. The van der Waals surface area contributed by atoms with Gasteiger partial charge in [0.15, 0.2) is 0 Å². The monoisotopic (exact) mass is 446 g/mol. The predicted molar refractivity (Wildman–Crippen MR) is 100 cm³/mol. The smallest absolute Gasteiger partial charge is 0.379 e. The number of aryl methyl sites for hydroxylation is 1. The van der Waals surface area contributed by atoms with E-state index in [1.807, 2.05) is 0 Å². The van der Waals surface area contributed by atoms with Gasteiger partial charge < -0.3 is 10.1 Å². The minimum absolute atomic E-state index is 0.0303. The molecule has 2 aromatic carbocycles. The predicted octanol–water partition coefficient (Wildman–Crippen LogP) is 3.43. The third-order valence-electron chi connectivity index (χ3n) is 4.57. The summed E-state index contributed by atoms with van der Waals surface area (Å²) in [6.45, 7) is 2.50. The fourth-order valence-electron chi connectivity index (χ4n) is 2.97. The summed E-state index contributed by atoms with van der Waals surface area (Å²) in [5, 5.41) is 2.36. The number of ether oxygens (including phenoxy) is 1. The Morgan fingerprint density at radius 1 is 1.10 bits per heavy atom. The molecule has 1 N–H and O–H groups in total. The molecule has 0 aliphatic carbocycles. The topological polar surface area (TPSA) is 75.7 Å². The van der Waals surface area contributed by atoms with Crippen LogP contribution in [-0.2, 0) is 20.9 Å². The molecule has 30 heavy (non-hydrogen) atoms. The second-order valence-electron chi connectivity index (χ2n) is 6.64. The van der Waals surface area contributed by atoms with Crippen LogP contribution in [0.3, 0.4) is 0 Å². The summed E-state index contributed by atoms with van der Waals surface area (Å²) in [6.07, 6.45) is -4.95. The van der Waals surface area contributed by atoms with Crippen molar-refractivity contribution in [1.82, 2.24) is 4.31 Å². The third kappa shape index (κ3) is 4.63. The Bertz CT molecular complexity index is 1060. The van der Waals surface area contributed by atoms with Crippen molar-refractivity contribution in [1.29, 1.82) is 0 Å². The normalized spacial score (nSPS) is 15.8. The number of nitrogens with one attached hydrogen (secondary N) is 1. The van der Waals surface area contributed by atoms with Gasteiger partial charge in [-0.1, -0.05) is 6.07 Å². The number of halogens is 4. The molecule has 0 aromatic heterocycles. The van der Waals surface area contributed by atoms with Crippen LogP contribution >= 0.6 is 0 Å². The largest absolute Gasteiger partial charge is 0.419 e. The average molecular weight is 446 g/mol. The van der Waals surface area contributed by atoms with Gasteiger partial charge in [0.25, 0.3) is 5.91 Å². The summed E-state index contributed by atoms with van der Waals surface area (Å²) in [4.78, 5) is 12.3. The lowest BCUT2D eigenvalue weighted by Crippen LogP contribution is -2.40. The molecular weight excluding hydrogens is 428 g/mol. The van der Waals surface area contributed by atoms with E-state index in [0.29, 0.717) is 17.7 Å². The van der Waals surface area contributed by atoms with E-state index >= 15 is 0 Å². The number of alkyl halides is 3. The van der Waals surface area contributed by atoms with Crippen molar-refractivity contribution in [2.24, 2.45) is 0 Å². The summed E-state index contributed by atoms with van der Waals surface area (Å²) in [5.41, 5.74) is -1.45. The molecule has 1 fully saturated rings. The first kappa shape index (κ1) is 22.2. The number of sulfonamides is 1.